The van der Waals surface area contributed by atoms with Gasteiger partial charge in [-0.2, -0.15) is 0 Å². The number of benzene rings is 1. The Morgan fingerprint density at radius 1 is 1.27 bits per heavy atom. The van der Waals surface area contributed by atoms with Gasteiger partial charge in [0.25, 0.3) is 5.91 Å². The van der Waals surface area contributed by atoms with Crippen LogP contribution in [0.4, 0.5) is 5.69 Å². The highest BCUT2D eigenvalue weighted by atomic mass is 32.1. The number of fused-ring (bicyclic) bond motifs is 1. The monoisotopic (exact) mass is 316 g/mol. The van der Waals surface area contributed by atoms with Gasteiger partial charge in [0.1, 0.15) is 6.17 Å². The van der Waals surface area contributed by atoms with Crippen LogP contribution in [0.25, 0.3) is 0 Å². The molecule has 0 saturated carbocycles. The van der Waals surface area contributed by atoms with Crippen molar-refractivity contribution in [1.82, 2.24) is 4.90 Å². The smallest absolute Gasteiger partial charge is 0.257 e. The maximum absolute atomic E-state index is 12.9. The highest BCUT2D eigenvalue weighted by Gasteiger charge is 2.32. The molecule has 0 bridgehead atoms. The second kappa shape index (κ2) is 6.50. The lowest BCUT2D eigenvalue weighted by molar-refractivity contribution is 0.0663. The molecule has 22 heavy (non-hydrogen) atoms. The summed E-state index contributed by atoms with van der Waals surface area (Å²) in [6.45, 7) is 3.42. The lowest BCUT2D eigenvalue weighted by Crippen LogP contribution is -2.43. The highest BCUT2D eigenvalue weighted by molar-refractivity contribution is 7.12. The van der Waals surface area contributed by atoms with Crippen LogP contribution in [-0.4, -0.2) is 31.1 Å². The van der Waals surface area contributed by atoms with Gasteiger partial charge in [0, 0.05) is 35.7 Å². The van der Waals surface area contributed by atoms with Crippen molar-refractivity contribution in [3.8, 4) is 0 Å². The molecule has 116 valence electrons. The maximum Gasteiger partial charge on any atom is 0.257 e. The van der Waals surface area contributed by atoms with Crippen molar-refractivity contribution in [2.75, 3.05) is 25.6 Å². The normalized spacial score (nSPS) is 17.3. The van der Waals surface area contributed by atoms with Crippen molar-refractivity contribution < 1.29 is 9.53 Å². The first-order chi connectivity index (χ1) is 10.7. The van der Waals surface area contributed by atoms with Gasteiger partial charge in [-0.3, -0.25) is 4.79 Å². The van der Waals surface area contributed by atoms with E-state index in [1.165, 1.54) is 4.88 Å². The molecule has 1 aliphatic rings. The van der Waals surface area contributed by atoms with Crippen molar-refractivity contribution in [1.29, 1.82) is 0 Å². The van der Waals surface area contributed by atoms with E-state index in [9.17, 15) is 4.79 Å². The zero-order valence-electron chi connectivity index (χ0n) is 12.8. The van der Waals surface area contributed by atoms with Crippen LogP contribution in [0.5, 0.6) is 0 Å². The topological polar surface area (TPSA) is 41.6 Å². The third kappa shape index (κ3) is 2.87. The highest BCUT2D eigenvalue weighted by Crippen LogP contribution is 2.35. The third-order valence-corrected chi connectivity index (χ3v) is 4.85. The number of nitrogens with zero attached hydrogens (tertiary/aromatic N) is 1. The second-order valence-electron chi connectivity index (χ2n) is 5.39. The number of ether oxygens (including phenoxy) is 1. The Morgan fingerprint density at radius 3 is 2.82 bits per heavy atom. The van der Waals surface area contributed by atoms with Gasteiger partial charge < -0.3 is 15.0 Å². The van der Waals surface area contributed by atoms with E-state index in [0.29, 0.717) is 13.2 Å². The van der Waals surface area contributed by atoms with Gasteiger partial charge >= 0.3 is 0 Å². The Kier molecular flexibility index (Phi) is 4.45. The fourth-order valence-electron chi connectivity index (χ4n) is 2.73. The van der Waals surface area contributed by atoms with Gasteiger partial charge in [-0.25, -0.2) is 0 Å². The molecule has 1 amide bonds. The fourth-order valence-corrected chi connectivity index (χ4v) is 3.67. The van der Waals surface area contributed by atoms with Crippen molar-refractivity contribution in [2.45, 2.75) is 19.5 Å². The summed E-state index contributed by atoms with van der Waals surface area (Å²) in [5, 5.41) is 3.51. The van der Waals surface area contributed by atoms with E-state index >= 15 is 0 Å². The second-order valence-corrected chi connectivity index (χ2v) is 6.71. The Labute approximate surface area is 134 Å². The molecule has 0 radical (unpaired) electrons. The molecule has 1 atom stereocenters. The number of hydrogen-bond donors (Lipinski definition) is 1. The maximum atomic E-state index is 12.9. The molecule has 4 nitrogen and oxygen atoms in total. The van der Waals surface area contributed by atoms with E-state index in [1.54, 1.807) is 18.4 Å². The summed E-state index contributed by atoms with van der Waals surface area (Å²) in [6.07, 6.45) is 0.727. The molecule has 1 aromatic carbocycles. The van der Waals surface area contributed by atoms with Gasteiger partial charge in [-0.15, -0.1) is 11.3 Å². The number of carbonyl (C=O) groups is 1. The van der Waals surface area contributed by atoms with E-state index in [-0.39, 0.29) is 12.1 Å². The van der Waals surface area contributed by atoms with Crippen LogP contribution < -0.4 is 5.32 Å². The molecule has 0 saturated heterocycles. The lowest BCUT2D eigenvalue weighted by atomic mass is 10.1. The van der Waals surface area contributed by atoms with Gasteiger partial charge in [0.05, 0.1) is 5.56 Å². The number of thiophene rings is 1. The van der Waals surface area contributed by atoms with E-state index < -0.39 is 0 Å². The number of carbonyl (C=O) groups excluding carboxylic acids is 1. The first kappa shape index (κ1) is 15.1. The SMILES string of the molecule is COCCCN1C(=O)c2ccccc2NC1c1ccc(C)s1. The molecule has 0 aliphatic carbocycles. The zero-order valence-corrected chi connectivity index (χ0v) is 13.7. The summed E-state index contributed by atoms with van der Waals surface area (Å²) < 4.78 is 5.13. The molecule has 2 heterocycles. The molecular formula is C17H20N2O2S. The zero-order chi connectivity index (χ0) is 15.5. The van der Waals surface area contributed by atoms with Crippen molar-refractivity contribution in [3.63, 3.8) is 0 Å². The Bertz CT molecular complexity index is 668. The average molecular weight is 316 g/mol. The number of amides is 1. The fraction of sp³-hybridized carbons (Fsp3) is 0.353. The van der Waals surface area contributed by atoms with Gasteiger partial charge in [-0.1, -0.05) is 12.1 Å². The van der Waals surface area contributed by atoms with Gasteiger partial charge in [0.2, 0.25) is 0 Å². The predicted molar refractivity (Wildman–Crippen MR) is 89.4 cm³/mol. The standard InChI is InChI=1S/C17H20N2O2S/c1-12-8-9-15(22-12)16-18-14-7-4-3-6-13(14)17(20)19(16)10-5-11-21-2/h3-4,6-9,16,18H,5,10-11H2,1-2H3. The molecule has 1 unspecified atom stereocenters. The van der Waals surface area contributed by atoms with Crippen LogP contribution >= 0.6 is 11.3 Å². The molecule has 0 fully saturated rings. The number of anilines is 1. The minimum absolute atomic E-state index is 0.0847. The first-order valence-electron chi connectivity index (χ1n) is 7.42. The molecule has 2 aromatic rings. The first-order valence-corrected chi connectivity index (χ1v) is 8.24. The summed E-state index contributed by atoms with van der Waals surface area (Å²) >= 11 is 1.73. The van der Waals surface area contributed by atoms with Crippen molar-refractivity contribution in [3.05, 3.63) is 51.7 Å². The van der Waals surface area contributed by atoms with Crippen molar-refractivity contribution >= 4 is 22.9 Å². The van der Waals surface area contributed by atoms with Crippen molar-refractivity contribution in [2.24, 2.45) is 0 Å². The number of methoxy groups -OCH3 is 1. The molecule has 5 heteroatoms. The van der Waals surface area contributed by atoms with Crippen LogP contribution in [0, 0.1) is 6.92 Å². The minimum Gasteiger partial charge on any atom is -0.385 e. The number of para-hydroxylation sites is 1. The average Bonchev–Trinajstić information content (AvgIpc) is 2.96. The third-order valence-electron chi connectivity index (χ3n) is 3.80. The van der Waals surface area contributed by atoms with Crippen LogP contribution in [0.3, 0.4) is 0 Å². The predicted octanol–water partition coefficient (Wildman–Crippen LogP) is 3.66. The lowest BCUT2D eigenvalue weighted by Gasteiger charge is -2.37. The van der Waals surface area contributed by atoms with E-state index in [2.05, 4.69) is 24.4 Å². The Hall–Kier alpha value is -1.85. The number of hydrogen-bond acceptors (Lipinski definition) is 4. The summed E-state index contributed by atoms with van der Waals surface area (Å²) in [7, 11) is 1.69. The van der Waals surface area contributed by atoms with E-state index in [1.807, 2.05) is 29.2 Å². The van der Waals surface area contributed by atoms with Crippen LogP contribution in [0.1, 0.15) is 32.7 Å². The number of aryl methyl sites for hydroxylation is 1. The summed E-state index contributed by atoms with van der Waals surface area (Å²) in [6, 6.07) is 11.9. The van der Waals surface area contributed by atoms with Crippen LogP contribution in [-0.2, 0) is 4.74 Å². The number of rotatable bonds is 5. The summed E-state index contributed by atoms with van der Waals surface area (Å²) in [5.74, 6) is 0.0847. The summed E-state index contributed by atoms with van der Waals surface area (Å²) in [5.41, 5.74) is 1.65. The van der Waals surface area contributed by atoms with E-state index in [4.69, 9.17) is 4.74 Å². The van der Waals surface area contributed by atoms with Crippen LogP contribution in [0.2, 0.25) is 0 Å². The van der Waals surface area contributed by atoms with Gasteiger partial charge in [0.15, 0.2) is 0 Å². The Morgan fingerprint density at radius 2 is 2.09 bits per heavy atom. The quantitative estimate of drug-likeness (QED) is 0.856. The largest absolute Gasteiger partial charge is 0.385 e. The summed E-state index contributed by atoms with van der Waals surface area (Å²) in [4.78, 5) is 17.2. The molecule has 1 N–H and O–H groups in total. The molecule has 1 aromatic heterocycles. The van der Waals surface area contributed by atoms with E-state index in [0.717, 1.165) is 22.5 Å². The van der Waals surface area contributed by atoms with Crippen LogP contribution in [0.15, 0.2) is 36.4 Å². The molecule has 1 aliphatic heterocycles. The molecular weight excluding hydrogens is 296 g/mol. The molecule has 0 spiro atoms. The van der Waals surface area contributed by atoms with Gasteiger partial charge in [-0.05, 0) is 37.6 Å². The molecule has 3 rings (SSSR count). The Balaban J connectivity index is 1.93. The number of nitrogens with one attached hydrogen (secondary N) is 1. The minimum atomic E-state index is -0.0991.